The van der Waals surface area contributed by atoms with Crippen molar-refractivity contribution in [1.29, 1.82) is 0 Å². The van der Waals surface area contributed by atoms with Crippen molar-refractivity contribution >= 4 is 15.9 Å². The van der Waals surface area contributed by atoms with Gasteiger partial charge >= 0.3 is 0 Å². The molecule has 0 radical (unpaired) electrons. The van der Waals surface area contributed by atoms with Gasteiger partial charge in [0.25, 0.3) is 0 Å². The second kappa shape index (κ2) is 7.95. The maximum Gasteiger partial charge on any atom is 0.224 e. The number of rotatable bonds is 7. The minimum Gasteiger partial charge on any atom is -0.355 e. The highest BCUT2D eigenvalue weighted by Gasteiger charge is 2.29. The molecule has 0 aliphatic carbocycles. The van der Waals surface area contributed by atoms with E-state index in [2.05, 4.69) is 24.1 Å². The van der Waals surface area contributed by atoms with Crippen molar-refractivity contribution in [3.05, 3.63) is 0 Å². The second-order valence-electron chi connectivity index (χ2n) is 5.28. The number of nitrogens with zero attached hydrogens (tertiary/aromatic N) is 2. The molecule has 1 saturated heterocycles. The Labute approximate surface area is 122 Å². The molecule has 1 aliphatic rings. The lowest BCUT2D eigenvalue weighted by molar-refractivity contribution is -0.126. The molecule has 0 saturated carbocycles. The third-order valence-corrected chi connectivity index (χ3v) is 5.12. The summed E-state index contributed by atoms with van der Waals surface area (Å²) in [7, 11) is -3.19. The summed E-state index contributed by atoms with van der Waals surface area (Å²) in [4.78, 5) is 14.3. The molecule has 0 aromatic carbocycles. The quantitative estimate of drug-likeness (QED) is 0.725. The first kappa shape index (κ1) is 17.4. The molecule has 0 unspecified atom stereocenters. The van der Waals surface area contributed by atoms with E-state index in [-0.39, 0.29) is 11.8 Å². The van der Waals surface area contributed by atoms with Crippen LogP contribution in [0.15, 0.2) is 0 Å². The molecule has 1 rings (SSSR count). The normalized spacial score (nSPS) is 21.1. The summed E-state index contributed by atoms with van der Waals surface area (Å²) < 4.78 is 24.5. The van der Waals surface area contributed by atoms with Crippen LogP contribution in [0.2, 0.25) is 0 Å². The molecule has 7 heteroatoms. The maximum atomic E-state index is 12.1. The lowest BCUT2D eigenvalue weighted by Gasteiger charge is -2.30. The Hall–Kier alpha value is -0.660. The monoisotopic (exact) mass is 305 g/mol. The Balaban J connectivity index is 2.40. The van der Waals surface area contributed by atoms with Crippen molar-refractivity contribution in [3.8, 4) is 0 Å². The van der Waals surface area contributed by atoms with Gasteiger partial charge in [-0.3, -0.25) is 4.79 Å². The van der Waals surface area contributed by atoms with Crippen LogP contribution >= 0.6 is 0 Å². The summed E-state index contributed by atoms with van der Waals surface area (Å²) >= 11 is 0. The number of hydrogen-bond donors (Lipinski definition) is 1. The molecular formula is C13H27N3O3S. The maximum absolute atomic E-state index is 12.1. The first-order chi connectivity index (χ1) is 9.38. The summed E-state index contributed by atoms with van der Waals surface area (Å²) in [6, 6.07) is 0. The SMILES string of the molecule is CCN(CC)CCNC(=O)[C@H]1CCCN(S(C)(=O)=O)C1. The van der Waals surface area contributed by atoms with E-state index in [1.807, 2.05) is 0 Å². The average Bonchev–Trinajstić information content (AvgIpc) is 2.42. The predicted octanol–water partition coefficient (Wildman–Crippen LogP) is 0.116. The minimum absolute atomic E-state index is 0.0227. The first-order valence-corrected chi connectivity index (χ1v) is 9.18. The molecule has 0 aromatic heterocycles. The third kappa shape index (κ3) is 5.38. The van der Waals surface area contributed by atoms with E-state index in [0.29, 0.717) is 19.6 Å². The van der Waals surface area contributed by atoms with Gasteiger partial charge in [0.1, 0.15) is 0 Å². The van der Waals surface area contributed by atoms with E-state index < -0.39 is 10.0 Å². The van der Waals surface area contributed by atoms with Gasteiger partial charge in [-0.2, -0.15) is 0 Å². The fourth-order valence-electron chi connectivity index (χ4n) is 2.48. The Morgan fingerprint density at radius 3 is 2.55 bits per heavy atom. The molecule has 20 heavy (non-hydrogen) atoms. The molecule has 1 atom stereocenters. The standard InChI is InChI=1S/C13H27N3O3S/c1-4-15(5-2)10-8-14-13(17)12-7-6-9-16(11-12)20(3,18)19/h12H,4-11H2,1-3H3,(H,14,17)/t12-/m0/s1. The van der Waals surface area contributed by atoms with E-state index in [0.717, 1.165) is 32.5 Å². The van der Waals surface area contributed by atoms with Crippen LogP contribution in [0.5, 0.6) is 0 Å². The highest BCUT2D eigenvalue weighted by molar-refractivity contribution is 7.88. The summed E-state index contributed by atoms with van der Waals surface area (Å²) in [5.74, 6) is -0.235. The summed E-state index contributed by atoms with van der Waals surface area (Å²) in [5, 5.41) is 2.92. The molecular weight excluding hydrogens is 278 g/mol. The molecule has 118 valence electrons. The van der Waals surface area contributed by atoms with E-state index >= 15 is 0 Å². The van der Waals surface area contributed by atoms with Crippen molar-refractivity contribution in [1.82, 2.24) is 14.5 Å². The molecule has 1 N–H and O–H groups in total. The van der Waals surface area contributed by atoms with Gasteiger partial charge in [-0.25, -0.2) is 12.7 Å². The highest BCUT2D eigenvalue weighted by atomic mass is 32.2. The van der Waals surface area contributed by atoms with Gasteiger partial charge in [-0.15, -0.1) is 0 Å². The smallest absolute Gasteiger partial charge is 0.224 e. The van der Waals surface area contributed by atoms with Crippen LogP contribution in [-0.4, -0.2) is 69.1 Å². The molecule has 1 heterocycles. The highest BCUT2D eigenvalue weighted by Crippen LogP contribution is 2.18. The van der Waals surface area contributed by atoms with Gasteiger partial charge in [0.15, 0.2) is 0 Å². The molecule has 1 aliphatic heterocycles. The van der Waals surface area contributed by atoms with Crippen molar-refractivity contribution in [2.45, 2.75) is 26.7 Å². The van der Waals surface area contributed by atoms with Crippen LogP contribution in [0.1, 0.15) is 26.7 Å². The summed E-state index contributed by atoms with van der Waals surface area (Å²) in [5.41, 5.74) is 0. The van der Waals surface area contributed by atoms with Crippen LogP contribution in [-0.2, 0) is 14.8 Å². The lowest BCUT2D eigenvalue weighted by atomic mass is 9.99. The van der Waals surface area contributed by atoms with Crippen LogP contribution in [0.25, 0.3) is 0 Å². The molecule has 0 bridgehead atoms. The Morgan fingerprint density at radius 2 is 2.00 bits per heavy atom. The summed E-state index contributed by atoms with van der Waals surface area (Å²) in [6.45, 7) is 8.43. The first-order valence-electron chi connectivity index (χ1n) is 7.33. The van der Waals surface area contributed by atoms with Crippen molar-refractivity contribution in [2.24, 2.45) is 5.92 Å². The zero-order chi connectivity index (χ0) is 15.2. The van der Waals surface area contributed by atoms with E-state index in [1.165, 1.54) is 10.6 Å². The van der Waals surface area contributed by atoms with Gasteiger partial charge in [0, 0.05) is 26.2 Å². The lowest BCUT2D eigenvalue weighted by Crippen LogP contribution is -2.46. The van der Waals surface area contributed by atoms with Crippen LogP contribution in [0.4, 0.5) is 0 Å². The molecule has 1 amide bonds. The number of carbonyl (C=O) groups excluding carboxylic acids is 1. The van der Waals surface area contributed by atoms with Crippen molar-refractivity contribution < 1.29 is 13.2 Å². The number of amides is 1. The van der Waals surface area contributed by atoms with Crippen LogP contribution < -0.4 is 5.32 Å². The van der Waals surface area contributed by atoms with Crippen molar-refractivity contribution in [3.63, 3.8) is 0 Å². The average molecular weight is 305 g/mol. The topological polar surface area (TPSA) is 69.7 Å². The van der Waals surface area contributed by atoms with E-state index in [4.69, 9.17) is 0 Å². The van der Waals surface area contributed by atoms with Gasteiger partial charge in [0.2, 0.25) is 15.9 Å². The fraction of sp³-hybridized carbons (Fsp3) is 0.923. The van der Waals surface area contributed by atoms with Gasteiger partial charge < -0.3 is 10.2 Å². The van der Waals surface area contributed by atoms with Gasteiger partial charge in [-0.05, 0) is 25.9 Å². The second-order valence-corrected chi connectivity index (χ2v) is 7.26. The predicted molar refractivity (Wildman–Crippen MR) is 79.9 cm³/mol. The molecule has 6 nitrogen and oxygen atoms in total. The van der Waals surface area contributed by atoms with Crippen LogP contribution in [0, 0.1) is 5.92 Å². The minimum atomic E-state index is -3.19. The molecule has 0 aromatic rings. The van der Waals surface area contributed by atoms with Crippen LogP contribution in [0.3, 0.4) is 0 Å². The number of sulfonamides is 1. The zero-order valence-corrected chi connectivity index (χ0v) is 13.6. The number of carbonyl (C=O) groups is 1. The fourth-order valence-corrected chi connectivity index (χ4v) is 3.39. The van der Waals surface area contributed by atoms with E-state index in [1.54, 1.807) is 0 Å². The Kier molecular flexibility index (Phi) is 6.91. The van der Waals surface area contributed by atoms with Gasteiger partial charge in [0.05, 0.1) is 12.2 Å². The number of likely N-dealkylation sites (N-methyl/N-ethyl adjacent to an activating group) is 1. The number of piperidine rings is 1. The number of nitrogens with one attached hydrogen (secondary N) is 1. The Bertz CT molecular complexity index is 407. The Morgan fingerprint density at radius 1 is 1.35 bits per heavy atom. The third-order valence-electron chi connectivity index (χ3n) is 3.85. The zero-order valence-electron chi connectivity index (χ0n) is 12.8. The molecule has 0 spiro atoms. The summed E-state index contributed by atoms with van der Waals surface area (Å²) in [6.07, 6.45) is 2.72. The number of hydrogen-bond acceptors (Lipinski definition) is 4. The largest absolute Gasteiger partial charge is 0.355 e. The van der Waals surface area contributed by atoms with Gasteiger partial charge in [-0.1, -0.05) is 13.8 Å². The van der Waals surface area contributed by atoms with E-state index in [9.17, 15) is 13.2 Å². The van der Waals surface area contributed by atoms with Crippen molar-refractivity contribution in [2.75, 3.05) is 45.5 Å². The molecule has 1 fully saturated rings.